The van der Waals surface area contributed by atoms with Gasteiger partial charge in [-0.1, -0.05) is 27.7 Å². The topological polar surface area (TPSA) is 83.8 Å². The van der Waals surface area contributed by atoms with Crippen molar-refractivity contribution in [1.29, 1.82) is 0 Å². The Balaban J connectivity index is 1.58. The van der Waals surface area contributed by atoms with Gasteiger partial charge in [0.2, 0.25) is 0 Å². The van der Waals surface area contributed by atoms with Gasteiger partial charge in [-0.2, -0.15) is 0 Å². The number of ketones is 1. The van der Waals surface area contributed by atoms with Gasteiger partial charge in [-0.05, 0) is 41.9 Å². The van der Waals surface area contributed by atoms with Gasteiger partial charge in [0.25, 0.3) is 0 Å². The standard InChI is InChI=1S/C20H28O5/c1-18(2)10(8-17(22)23)5-12(18)13-9-15(21)20(24)14-6-11(19(14,3)4)7-16(20)25-13/h9-12,14,16,24H,5-8H2,1-4H3,(H,22,23)/t10-,11-,12+,14-,16+,20-/m1/s1. The number of ether oxygens (including phenoxy) is 1. The molecule has 4 saturated carbocycles. The highest BCUT2D eigenvalue weighted by Crippen LogP contribution is 2.65. The van der Waals surface area contributed by atoms with E-state index in [0.717, 1.165) is 19.3 Å². The van der Waals surface area contributed by atoms with E-state index in [1.807, 2.05) is 13.8 Å². The van der Waals surface area contributed by atoms with Crippen LogP contribution in [0.4, 0.5) is 0 Å². The van der Waals surface area contributed by atoms with Crippen LogP contribution in [-0.4, -0.2) is 33.7 Å². The Morgan fingerprint density at radius 1 is 1.20 bits per heavy atom. The Labute approximate surface area is 148 Å². The van der Waals surface area contributed by atoms with Crippen LogP contribution in [0.25, 0.3) is 0 Å². The van der Waals surface area contributed by atoms with Crippen molar-refractivity contribution in [3.63, 3.8) is 0 Å². The fraction of sp³-hybridized carbons (Fsp3) is 0.800. The first-order chi connectivity index (χ1) is 11.5. The van der Waals surface area contributed by atoms with Gasteiger partial charge >= 0.3 is 5.97 Å². The minimum absolute atomic E-state index is 0.0159. The fourth-order valence-corrected chi connectivity index (χ4v) is 5.98. The molecule has 4 aliphatic carbocycles. The summed E-state index contributed by atoms with van der Waals surface area (Å²) in [6, 6.07) is 0. The molecule has 0 aromatic rings. The number of hydrogen-bond donors (Lipinski definition) is 2. The van der Waals surface area contributed by atoms with Gasteiger partial charge in [-0.25, -0.2) is 0 Å². The molecule has 0 radical (unpaired) electrons. The van der Waals surface area contributed by atoms with Crippen molar-refractivity contribution in [2.24, 2.45) is 34.5 Å². The molecule has 2 bridgehead atoms. The first kappa shape index (κ1) is 17.1. The van der Waals surface area contributed by atoms with Crippen LogP contribution >= 0.6 is 0 Å². The molecule has 1 heterocycles. The number of aliphatic hydroxyl groups is 1. The van der Waals surface area contributed by atoms with Gasteiger partial charge in [-0.3, -0.25) is 9.59 Å². The van der Waals surface area contributed by atoms with Crippen LogP contribution in [0.5, 0.6) is 0 Å². The quantitative estimate of drug-likeness (QED) is 0.819. The average Bonchev–Trinajstić information content (AvgIpc) is 2.50. The van der Waals surface area contributed by atoms with Crippen LogP contribution in [-0.2, 0) is 14.3 Å². The average molecular weight is 348 g/mol. The summed E-state index contributed by atoms with van der Waals surface area (Å²) in [7, 11) is 0. The summed E-state index contributed by atoms with van der Waals surface area (Å²) in [5.41, 5.74) is -1.62. The molecule has 4 fully saturated rings. The molecule has 25 heavy (non-hydrogen) atoms. The normalized spacial score (nSPS) is 46.0. The van der Waals surface area contributed by atoms with E-state index in [2.05, 4.69) is 13.8 Å². The third-order valence-electron chi connectivity index (χ3n) is 8.17. The summed E-state index contributed by atoms with van der Waals surface area (Å²) in [5, 5.41) is 20.3. The van der Waals surface area contributed by atoms with Gasteiger partial charge in [0.05, 0.1) is 0 Å². The predicted molar refractivity (Wildman–Crippen MR) is 90.5 cm³/mol. The highest BCUT2D eigenvalue weighted by molar-refractivity contribution is 5.99. The first-order valence-electron chi connectivity index (χ1n) is 9.35. The van der Waals surface area contributed by atoms with E-state index in [4.69, 9.17) is 9.84 Å². The molecule has 0 saturated heterocycles. The molecule has 0 aromatic carbocycles. The molecule has 138 valence electrons. The third kappa shape index (κ3) is 2.05. The molecule has 5 nitrogen and oxygen atoms in total. The number of aliphatic carboxylic acids is 1. The monoisotopic (exact) mass is 348 g/mol. The van der Waals surface area contributed by atoms with Gasteiger partial charge in [0.1, 0.15) is 11.9 Å². The van der Waals surface area contributed by atoms with Gasteiger partial charge in [0, 0.05) is 24.3 Å². The van der Waals surface area contributed by atoms with E-state index in [9.17, 15) is 14.7 Å². The van der Waals surface area contributed by atoms with Crippen molar-refractivity contribution in [2.45, 2.75) is 65.1 Å². The van der Waals surface area contributed by atoms with Crippen LogP contribution in [0.1, 0.15) is 53.4 Å². The van der Waals surface area contributed by atoms with E-state index < -0.39 is 17.7 Å². The van der Waals surface area contributed by atoms with Crippen molar-refractivity contribution in [2.75, 3.05) is 0 Å². The lowest BCUT2D eigenvalue weighted by Gasteiger charge is -2.66. The van der Waals surface area contributed by atoms with Crippen LogP contribution < -0.4 is 0 Å². The molecular formula is C20H28O5. The summed E-state index contributed by atoms with van der Waals surface area (Å²) < 4.78 is 6.19. The molecule has 0 amide bonds. The summed E-state index contributed by atoms with van der Waals surface area (Å²) in [6.45, 7) is 8.37. The van der Waals surface area contributed by atoms with Crippen molar-refractivity contribution in [1.82, 2.24) is 0 Å². The van der Waals surface area contributed by atoms with Crippen LogP contribution in [0, 0.1) is 34.5 Å². The zero-order valence-corrected chi connectivity index (χ0v) is 15.4. The molecule has 0 unspecified atom stereocenters. The third-order valence-corrected chi connectivity index (χ3v) is 8.17. The van der Waals surface area contributed by atoms with Crippen molar-refractivity contribution in [3.05, 3.63) is 11.8 Å². The SMILES string of the molecule is CC1(C)[C@H]2C[C@@H]3OC([C@@H]4C[C@H](CC(=O)O)C4(C)C)=CC(=O)[C@]3(O)[C@@H]1C2. The van der Waals surface area contributed by atoms with E-state index in [1.165, 1.54) is 6.08 Å². The Morgan fingerprint density at radius 2 is 1.88 bits per heavy atom. The molecule has 2 N–H and O–H groups in total. The number of rotatable bonds is 3. The number of carbonyl (C=O) groups excluding carboxylic acids is 1. The lowest BCUT2D eigenvalue weighted by Crippen LogP contribution is -2.72. The number of allylic oxidation sites excluding steroid dienone is 1. The molecule has 1 aliphatic heterocycles. The smallest absolute Gasteiger partial charge is 0.303 e. The maximum atomic E-state index is 12.9. The highest BCUT2D eigenvalue weighted by Gasteiger charge is 2.69. The number of carboxylic acids is 1. The van der Waals surface area contributed by atoms with Crippen LogP contribution in [0.15, 0.2) is 11.8 Å². The van der Waals surface area contributed by atoms with Gasteiger partial charge in [0.15, 0.2) is 11.4 Å². The minimum Gasteiger partial charge on any atom is -0.491 e. The molecule has 5 rings (SSSR count). The van der Waals surface area contributed by atoms with E-state index in [0.29, 0.717) is 11.7 Å². The Kier molecular flexibility index (Phi) is 3.33. The summed E-state index contributed by atoms with van der Waals surface area (Å²) in [5.74, 6) is 0.256. The second-order valence-electron chi connectivity index (χ2n) is 9.79. The summed E-state index contributed by atoms with van der Waals surface area (Å²) >= 11 is 0. The zero-order chi connectivity index (χ0) is 18.4. The highest BCUT2D eigenvalue weighted by atomic mass is 16.5. The molecule has 5 aliphatic rings. The predicted octanol–water partition coefficient (Wildman–Crippen LogP) is 2.77. The Morgan fingerprint density at radius 3 is 2.44 bits per heavy atom. The Hall–Kier alpha value is -1.36. The number of hydrogen-bond acceptors (Lipinski definition) is 4. The van der Waals surface area contributed by atoms with Crippen LogP contribution in [0.2, 0.25) is 0 Å². The molecule has 0 aromatic heterocycles. The fourth-order valence-electron chi connectivity index (χ4n) is 5.98. The second-order valence-corrected chi connectivity index (χ2v) is 9.79. The number of carboxylic acid groups (broad SMARTS) is 1. The molecule has 6 atom stereocenters. The van der Waals surface area contributed by atoms with E-state index in [1.54, 1.807) is 0 Å². The van der Waals surface area contributed by atoms with Crippen LogP contribution in [0.3, 0.4) is 0 Å². The van der Waals surface area contributed by atoms with Crippen molar-refractivity contribution < 1.29 is 24.5 Å². The van der Waals surface area contributed by atoms with E-state index >= 15 is 0 Å². The van der Waals surface area contributed by atoms with Crippen molar-refractivity contribution >= 4 is 11.8 Å². The van der Waals surface area contributed by atoms with Crippen molar-refractivity contribution in [3.8, 4) is 0 Å². The minimum atomic E-state index is -1.39. The van der Waals surface area contributed by atoms with E-state index in [-0.39, 0.29) is 40.8 Å². The maximum absolute atomic E-state index is 12.9. The molecule has 5 heteroatoms. The van der Waals surface area contributed by atoms with Gasteiger partial charge < -0.3 is 14.9 Å². The first-order valence-corrected chi connectivity index (χ1v) is 9.35. The largest absolute Gasteiger partial charge is 0.491 e. The molecular weight excluding hydrogens is 320 g/mol. The molecule has 0 spiro atoms. The maximum Gasteiger partial charge on any atom is 0.303 e. The van der Waals surface area contributed by atoms with Gasteiger partial charge in [-0.15, -0.1) is 0 Å². The lowest BCUT2D eigenvalue weighted by molar-refractivity contribution is -0.254. The summed E-state index contributed by atoms with van der Waals surface area (Å²) in [6.07, 6.45) is 3.54. The number of carbonyl (C=O) groups is 2. The summed E-state index contributed by atoms with van der Waals surface area (Å²) in [4.78, 5) is 23.9. The second kappa shape index (κ2) is 4.87. The lowest BCUT2D eigenvalue weighted by atomic mass is 9.42. The Bertz CT molecular complexity index is 676. The zero-order valence-electron chi connectivity index (χ0n) is 15.4.